The summed E-state index contributed by atoms with van der Waals surface area (Å²) in [4.78, 5) is 19.6. The summed E-state index contributed by atoms with van der Waals surface area (Å²) in [6, 6.07) is 0. The SMILES string of the molecule is CCCCCC(=O)O.CCCCCC(=O)[O-].[Ag+]. The minimum absolute atomic E-state index is 0. The van der Waals surface area contributed by atoms with Crippen LogP contribution < -0.4 is 5.11 Å². The Morgan fingerprint density at radius 2 is 1.35 bits per heavy atom. The fraction of sp³-hybridized carbons (Fsp3) is 0.833. The van der Waals surface area contributed by atoms with E-state index >= 15 is 0 Å². The molecule has 0 amide bonds. The van der Waals surface area contributed by atoms with Gasteiger partial charge in [-0.05, 0) is 19.3 Å². The van der Waals surface area contributed by atoms with Gasteiger partial charge in [-0.3, -0.25) is 4.79 Å². The fourth-order valence-corrected chi connectivity index (χ4v) is 1.05. The number of aliphatic carboxylic acids is 2. The second kappa shape index (κ2) is 18.1. The largest absolute Gasteiger partial charge is 1.00 e. The van der Waals surface area contributed by atoms with Crippen LogP contribution in [0, 0.1) is 0 Å². The van der Waals surface area contributed by atoms with E-state index in [0.29, 0.717) is 6.42 Å². The van der Waals surface area contributed by atoms with Crippen LogP contribution in [0.25, 0.3) is 0 Å². The van der Waals surface area contributed by atoms with Crippen LogP contribution in [0.4, 0.5) is 0 Å². The number of carboxylic acid groups (broad SMARTS) is 2. The Morgan fingerprint density at radius 1 is 0.941 bits per heavy atom. The van der Waals surface area contributed by atoms with Gasteiger partial charge in [0, 0.05) is 12.4 Å². The van der Waals surface area contributed by atoms with Gasteiger partial charge in [0.15, 0.2) is 0 Å². The van der Waals surface area contributed by atoms with Crippen molar-refractivity contribution in [1.82, 2.24) is 0 Å². The number of carboxylic acids is 2. The maximum absolute atomic E-state index is 9.87. The quantitative estimate of drug-likeness (QED) is 0.542. The van der Waals surface area contributed by atoms with Crippen LogP contribution in [-0.2, 0) is 32.0 Å². The van der Waals surface area contributed by atoms with E-state index in [4.69, 9.17) is 5.11 Å². The van der Waals surface area contributed by atoms with Crippen molar-refractivity contribution >= 4 is 11.9 Å². The molecule has 0 aliphatic rings. The minimum Gasteiger partial charge on any atom is -0.550 e. The smallest absolute Gasteiger partial charge is 0.550 e. The maximum atomic E-state index is 9.87. The molecule has 0 aromatic heterocycles. The maximum Gasteiger partial charge on any atom is 1.00 e. The second-order valence-electron chi connectivity index (χ2n) is 3.68. The Balaban J connectivity index is -0.000000218. The number of carbonyl (C=O) groups excluding carboxylic acids is 1. The van der Waals surface area contributed by atoms with Gasteiger partial charge in [-0.15, -0.1) is 0 Å². The van der Waals surface area contributed by atoms with Crippen LogP contribution in [0.15, 0.2) is 0 Å². The number of unbranched alkanes of at least 4 members (excludes halogenated alkanes) is 4. The second-order valence-corrected chi connectivity index (χ2v) is 3.68. The first-order chi connectivity index (χ1) is 7.54. The summed E-state index contributed by atoms with van der Waals surface area (Å²) < 4.78 is 0. The molecule has 0 aliphatic carbocycles. The Labute approximate surface area is 119 Å². The summed E-state index contributed by atoms with van der Waals surface area (Å²) in [5, 5.41) is 17.9. The Morgan fingerprint density at radius 3 is 1.65 bits per heavy atom. The van der Waals surface area contributed by atoms with Crippen LogP contribution in [0.3, 0.4) is 0 Å². The zero-order valence-corrected chi connectivity index (χ0v) is 12.1. The molecule has 0 saturated carbocycles. The van der Waals surface area contributed by atoms with Gasteiger partial charge in [-0.1, -0.05) is 39.5 Å². The average Bonchev–Trinajstić information content (AvgIpc) is 2.18. The van der Waals surface area contributed by atoms with Crippen molar-refractivity contribution < 1.29 is 42.2 Å². The van der Waals surface area contributed by atoms with E-state index in [1.165, 1.54) is 0 Å². The first kappa shape index (κ1) is 21.9. The van der Waals surface area contributed by atoms with Crippen LogP contribution in [0.2, 0.25) is 0 Å². The molecule has 0 rings (SSSR count). The van der Waals surface area contributed by atoms with Crippen LogP contribution in [0.1, 0.15) is 65.2 Å². The summed E-state index contributed by atoms with van der Waals surface area (Å²) in [5.41, 5.74) is 0. The number of carbonyl (C=O) groups is 2. The molecule has 4 nitrogen and oxygen atoms in total. The van der Waals surface area contributed by atoms with E-state index in [2.05, 4.69) is 6.92 Å². The molecule has 0 aromatic rings. The van der Waals surface area contributed by atoms with Gasteiger partial charge >= 0.3 is 28.3 Å². The molecule has 0 radical (unpaired) electrons. The van der Waals surface area contributed by atoms with Crippen molar-refractivity contribution in [3.63, 3.8) is 0 Å². The molecule has 0 spiro atoms. The Bertz CT molecular complexity index is 163. The molecule has 0 aliphatic heterocycles. The van der Waals surface area contributed by atoms with Crippen molar-refractivity contribution in [2.45, 2.75) is 65.2 Å². The fourth-order valence-electron chi connectivity index (χ4n) is 1.05. The summed E-state index contributed by atoms with van der Waals surface area (Å²) in [6.45, 7) is 4.09. The van der Waals surface area contributed by atoms with Crippen LogP contribution >= 0.6 is 0 Å². The third kappa shape index (κ3) is 31.3. The first-order valence-electron chi connectivity index (χ1n) is 5.96. The number of hydrogen-bond acceptors (Lipinski definition) is 3. The molecular weight excluding hydrogens is 316 g/mol. The molecule has 0 atom stereocenters. The average molecular weight is 339 g/mol. The number of rotatable bonds is 8. The van der Waals surface area contributed by atoms with Crippen molar-refractivity contribution in [2.75, 3.05) is 0 Å². The molecule has 106 valence electrons. The Kier molecular flexibility index (Phi) is 23.3. The van der Waals surface area contributed by atoms with E-state index in [1.54, 1.807) is 0 Å². The summed E-state index contributed by atoms with van der Waals surface area (Å²) in [5.74, 6) is -1.61. The minimum atomic E-state index is -0.932. The summed E-state index contributed by atoms with van der Waals surface area (Å²) >= 11 is 0. The van der Waals surface area contributed by atoms with Gasteiger partial charge in [-0.2, -0.15) is 0 Å². The monoisotopic (exact) mass is 338 g/mol. The molecule has 0 bridgehead atoms. The van der Waals surface area contributed by atoms with E-state index in [1.807, 2.05) is 6.92 Å². The molecule has 1 N–H and O–H groups in total. The van der Waals surface area contributed by atoms with Crippen LogP contribution in [-0.4, -0.2) is 17.0 Å². The molecule has 0 aromatic carbocycles. The van der Waals surface area contributed by atoms with E-state index in [-0.39, 0.29) is 28.8 Å². The van der Waals surface area contributed by atoms with Crippen molar-refractivity contribution in [2.24, 2.45) is 0 Å². The molecule has 0 heterocycles. The van der Waals surface area contributed by atoms with E-state index in [0.717, 1.165) is 38.5 Å². The molecule has 0 fully saturated rings. The molecule has 17 heavy (non-hydrogen) atoms. The van der Waals surface area contributed by atoms with Crippen LogP contribution in [0.5, 0.6) is 0 Å². The molecular formula is C12H23AgO4. The summed E-state index contributed by atoms with van der Waals surface area (Å²) in [6.07, 6.45) is 6.31. The third-order valence-corrected chi connectivity index (χ3v) is 1.98. The normalized spacial score (nSPS) is 8.59. The zero-order valence-electron chi connectivity index (χ0n) is 10.6. The number of hydrogen-bond donors (Lipinski definition) is 1. The zero-order chi connectivity index (χ0) is 12.8. The predicted molar refractivity (Wildman–Crippen MR) is 60.9 cm³/mol. The summed E-state index contributed by atoms with van der Waals surface area (Å²) in [7, 11) is 0. The van der Waals surface area contributed by atoms with E-state index < -0.39 is 11.9 Å². The van der Waals surface area contributed by atoms with Gasteiger partial charge in [-0.25, -0.2) is 0 Å². The molecule has 5 heteroatoms. The first-order valence-corrected chi connectivity index (χ1v) is 5.96. The predicted octanol–water partition coefficient (Wildman–Crippen LogP) is 1.97. The van der Waals surface area contributed by atoms with Gasteiger partial charge < -0.3 is 15.0 Å². The topological polar surface area (TPSA) is 77.4 Å². The van der Waals surface area contributed by atoms with E-state index in [9.17, 15) is 14.7 Å². The van der Waals surface area contributed by atoms with Gasteiger partial charge in [0.25, 0.3) is 0 Å². The third-order valence-electron chi connectivity index (χ3n) is 1.98. The Hall–Kier alpha value is -0.320. The standard InChI is InChI=1S/2C6H12O2.Ag/c2*1-2-3-4-5-6(7)8;/h2*2-5H2,1H3,(H,7,8);/q;;+1/p-1. The van der Waals surface area contributed by atoms with Crippen molar-refractivity contribution in [1.29, 1.82) is 0 Å². The van der Waals surface area contributed by atoms with Gasteiger partial charge in [0.1, 0.15) is 0 Å². The van der Waals surface area contributed by atoms with Crippen molar-refractivity contribution in [3.8, 4) is 0 Å². The van der Waals surface area contributed by atoms with Gasteiger partial charge in [0.05, 0.1) is 0 Å². The molecule has 0 saturated heterocycles. The van der Waals surface area contributed by atoms with Gasteiger partial charge in [0.2, 0.25) is 0 Å². The van der Waals surface area contributed by atoms with Crippen molar-refractivity contribution in [3.05, 3.63) is 0 Å². The molecule has 0 unspecified atom stereocenters.